The summed E-state index contributed by atoms with van der Waals surface area (Å²) >= 11 is 0. The van der Waals surface area contributed by atoms with Gasteiger partial charge in [-0.25, -0.2) is 4.79 Å². The van der Waals surface area contributed by atoms with Crippen molar-refractivity contribution in [3.63, 3.8) is 0 Å². The number of nitrogens with zero attached hydrogens (tertiary/aromatic N) is 2. The summed E-state index contributed by atoms with van der Waals surface area (Å²) in [6, 6.07) is 17.1. The van der Waals surface area contributed by atoms with E-state index >= 15 is 0 Å². The molecule has 2 fully saturated rings. The molecule has 31 heavy (non-hydrogen) atoms. The van der Waals surface area contributed by atoms with Gasteiger partial charge in [0.05, 0.1) is 6.10 Å². The average Bonchev–Trinajstić information content (AvgIpc) is 2.97. The van der Waals surface area contributed by atoms with Crippen LogP contribution < -0.4 is 0 Å². The van der Waals surface area contributed by atoms with E-state index in [9.17, 15) is 9.90 Å². The third-order valence-electron chi connectivity index (χ3n) is 7.32. The Morgan fingerprint density at radius 2 is 1.48 bits per heavy atom. The standard InChI is InChI=1S/C26H32N2O3/c29-25-13-3-1-2-12-24(25)27-14-16-28(17-15-27)26(30)31-18-23-21-10-6-4-8-19(21)20-9-5-7-11-22(20)23/h4-11,23-25,29H,1-3,12-18H2/t24-,25-/m1/s1. The van der Waals surface area contributed by atoms with E-state index in [-0.39, 0.29) is 24.2 Å². The van der Waals surface area contributed by atoms with Gasteiger partial charge in [0.2, 0.25) is 0 Å². The van der Waals surface area contributed by atoms with Gasteiger partial charge in [-0.3, -0.25) is 4.90 Å². The molecule has 5 nitrogen and oxygen atoms in total. The molecule has 0 bridgehead atoms. The molecule has 1 aliphatic heterocycles. The molecule has 0 aromatic heterocycles. The van der Waals surface area contributed by atoms with Gasteiger partial charge in [0, 0.05) is 38.1 Å². The molecule has 2 aliphatic carbocycles. The van der Waals surface area contributed by atoms with Gasteiger partial charge in [0.1, 0.15) is 6.61 Å². The first-order chi connectivity index (χ1) is 15.2. The highest BCUT2D eigenvalue weighted by Crippen LogP contribution is 2.44. The van der Waals surface area contributed by atoms with Crippen molar-refractivity contribution in [3.05, 3.63) is 59.7 Å². The van der Waals surface area contributed by atoms with Crippen molar-refractivity contribution in [2.24, 2.45) is 0 Å². The number of hydrogen-bond acceptors (Lipinski definition) is 4. The van der Waals surface area contributed by atoms with E-state index in [0.717, 1.165) is 32.4 Å². The number of hydrogen-bond donors (Lipinski definition) is 1. The molecular weight excluding hydrogens is 388 g/mol. The van der Waals surface area contributed by atoms with Crippen LogP contribution in [0.2, 0.25) is 0 Å². The summed E-state index contributed by atoms with van der Waals surface area (Å²) in [6.07, 6.45) is 5.04. The molecule has 0 unspecified atom stereocenters. The second kappa shape index (κ2) is 9.01. The van der Waals surface area contributed by atoms with Crippen LogP contribution in [-0.4, -0.2) is 65.9 Å². The first kappa shape index (κ1) is 20.5. The van der Waals surface area contributed by atoms with Crippen LogP contribution in [0.5, 0.6) is 0 Å². The Kier molecular flexibility index (Phi) is 5.97. The summed E-state index contributed by atoms with van der Waals surface area (Å²) in [6.45, 7) is 3.33. The molecule has 1 heterocycles. The third-order valence-corrected chi connectivity index (χ3v) is 7.32. The van der Waals surface area contributed by atoms with E-state index in [1.807, 2.05) is 4.90 Å². The lowest BCUT2D eigenvalue weighted by molar-refractivity contribution is 0.0127. The Labute approximate surface area is 184 Å². The maximum absolute atomic E-state index is 12.8. The maximum Gasteiger partial charge on any atom is 0.409 e. The van der Waals surface area contributed by atoms with Crippen LogP contribution in [0.25, 0.3) is 11.1 Å². The lowest BCUT2D eigenvalue weighted by Gasteiger charge is -2.40. The van der Waals surface area contributed by atoms with Gasteiger partial charge in [-0.2, -0.15) is 0 Å². The van der Waals surface area contributed by atoms with Crippen molar-refractivity contribution in [1.29, 1.82) is 0 Å². The Bertz CT molecular complexity index is 877. The van der Waals surface area contributed by atoms with E-state index in [4.69, 9.17) is 4.74 Å². The fourth-order valence-electron chi connectivity index (χ4n) is 5.62. The maximum atomic E-state index is 12.8. The molecule has 1 saturated heterocycles. The minimum absolute atomic E-state index is 0.0961. The van der Waals surface area contributed by atoms with Crippen molar-refractivity contribution >= 4 is 6.09 Å². The predicted molar refractivity (Wildman–Crippen MR) is 121 cm³/mol. The van der Waals surface area contributed by atoms with E-state index in [2.05, 4.69) is 53.4 Å². The molecule has 164 valence electrons. The van der Waals surface area contributed by atoms with Crippen LogP contribution in [0.1, 0.15) is 49.1 Å². The summed E-state index contributed by atoms with van der Waals surface area (Å²) in [5, 5.41) is 10.5. The second-order valence-electron chi connectivity index (χ2n) is 9.10. The Morgan fingerprint density at radius 3 is 2.16 bits per heavy atom. The van der Waals surface area contributed by atoms with E-state index in [1.54, 1.807) is 0 Å². The molecule has 2 aromatic rings. The van der Waals surface area contributed by atoms with Gasteiger partial charge >= 0.3 is 6.09 Å². The van der Waals surface area contributed by atoms with Gasteiger partial charge in [-0.15, -0.1) is 0 Å². The molecule has 2 aromatic carbocycles. The number of aliphatic hydroxyl groups is 1. The monoisotopic (exact) mass is 420 g/mol. The van der Waals surface area contributed by atoms with Gasteiger partial charge in [0.15, 0.2) is 0 Å². The molecule has 0 radical (unpaired) electrons. The number of ether oxygens (including phenoxy) is 1. The number of rotatable bonds is 3. The van der Waals surface area contributed by atoms with Crippen molar-refractivity contribution < 1.29 is 14.6 Å². The minimum Gasteiger partial charge on any atom is -0.448 e. The zero-order valence-corrected chi connectivity index (χ0v) is 18.1. The van der Waals surface area contributed by atoms with Crippen LogP contribution in [0.3, 0.4) is 0 Å². The second-order valence-corrected chi connectivity index (χ2v) is 9.10. The van der Waals surface area contributed by atoms with Crippen molar-refractivity contribution in [3.8, 4) is 11.1 Å². The van der Waals surface area contributed by atoms with E-state index in [1.165, 1.54) is 35.1 Å². The molecule has 5 rings (SSSR count). The Hall–Kier alpha value is -2.37. The van der Waals surface area contributed by atoms with Crippen LogP contribution in [0, 0.1) is 0 Å². The van der Waals surface area contributed by atoms with Crippen molar-refractivity contribution in [2.75, 3.05) is 32.8 Å². The molecule has 1 saturated carbocycles. The van der Waals surface area contributed by atoms with Crippen LogP contribution in [0.15, 0.2) is 48.5 Å². The molecule has 1 amide bonds. The zero-order chi connectivity index (χ0) is 21.2. The first-order valence-electron chi connectivity index (χ1n) is 11.7. The first-order valence-corrected chi connectivity index (χ1v) is 11.7. The fourth-order valence-corrected chi connectivity index (χ4v) is 5.62. The summed E-state index contributed by atoms with van der Waals surface area (Å²) in [5.41, 5.74) is 4.97. The summed E-state index contributed by atoms with van der Waals surface area (Å²) in [5.74, 6) is 0.0961. The van der Waals surface area contributed by atoms with Crippen LogP contribution in [0.4, 0.5) is 4.79 Å². The highest BCUT2D eigenvalue weighted by molar-refractivity contribution is 5.79. The number of carbonyl (C=O) groups excluding carboxylic acids is 1. The highest BCUT2D eigenvalue weighted by atomic mass is 16.6. The van der Waals surface area contributed by atoms with E-state index in [0.29, 0.717) is 19.7 Å². The Balaban J connectivity index is 1.19. The number of benzene rings is 2. The van der Waals surface area contributed by atoms with Gasteiger partial charge in [0.25, 0.3) is 0 Å². The number of fused-ring (bicyclic) bond motifs is 3. The number of aliphatic hydroxyl groups excluding tert-OH is 1. The lowest BCUT2D eigenvalue weighted by Crippen LogP contribution is -2.54. The number of amides is 1. The zero-order valence-electron chi connectivity index (χ0n) is 18.1. The molecule has 5 heteroatoms. The molecule has 2 atom stereocenters. The quantitative estimate of drug-likeness (QED) is 0.755. The summed E-state index contributed by atoms with van der Waals surface area (Å²) < 4.78 is 5.82. The lowest BCUT2D eigenvalue weighted by atomic mass is 9.98. The summed E-state index contributed by atoms with van der Waals surface area (Å²) in [4.78, 5) is 17.0. The predicted octanol–water partition coefficient (Wildman–Crippen LogP) is 4.25. The number of piperazine rings is 1. The average molecular weight is 421 g/mol. The van der Waals surface area contributed by atoms with Gasteiger partial charge in [-0.1, -0.05) is 67.8 Å². The Morgan fingerprint density at radius 1 is 0.871 bits per heavy atom. The highest BCUT2D eigenvalue weighted by Gasteiger charge is 2.33. The van der Waals surface area contributed by atoms with E-state index < -0.39 is 0 Å². The normalized spacial score (nSPS) is 24.4. The molecular formula is C26H32N2O3. The fraction of sp³-hybridized carbons (Fsp3) is 0.500. The van der Waals surface area contributed by atoms with Gasteiger partial charge in [-0.05, 0) is 35.1 Å². The third kappa shape index (κ3) is 4.09. The minimum atomic E-state index is -0.233. The van der Waals surface area contributed by atoms with Crippen LogP contribution >= 0.6 is 0 Å². The van der Waals surface area contributed by atoms with Crippen molar-refractivity contribution in [1.82, 2.24) is 9.80 Å². The molecule has 1 N–H and O–H groups in total. The topological polar surface area (TPSA) is 53.0 Å². The summed E-state index contributed by atoms with van der Waals surface area (Å²) in [7, 11) is 0. The number of carbonyl (C=O) groups is 1. The molecule has 0 spiro atoms. The van der Waals surface area contributed by atoms with Crippen molar-refractivity contribution in [2.45, 2.75) is 50.2 Å². The van der Waals surface area contributed by atoms with Crippen LogP contribution in [-0.2, 0) is 4.74 Å². The smallest absolute Gasteiger partial charge is 0.409 e. The van der Waals surface area contributed by atoms with Gasteiger partial charge < -0.3 is 14.7 Å². The molecule has 3 aliphatic rings. The largest absolute Gasteiger partial charge is 0.448 e. The SMILES string of the molecule is O=C(OCC1c2ccccc2-c2ccccc21)N1CCN([C@@H]2CCCCC[C@H]2O)CC1.